The van der Waals surface area contributed by atoms with E-state index in [1.54, 1.807) is 0 Å². The molecule has 3 aromatic rings. The van der Waals surface area contributed by atoms with Gasteiger partial charge < -0.3 is 10.1 Å². The standard InChI is InChI=1S/C23H25ClN4O.ClH/c1-15-3-2-4-20(11-15)29-19-8-5-16(6-9-19)23-27-26-22-14-25-13-17-12-18(24)7-10-21(17)28(22)23;/h2-4,7,10-12,16,19,25H,5-6,8-9,13-14H2,1H3;1H/t16-,19-;. The Morgan fingerprint density at radius 3 is 2.67 bits per heavy atom. The summed E-state index contributed by atoms with van der Waals surface area (Å²) in [4.78, 5) is 0. The fourth-order valence-corrected chi connectivity index (χ4v) is 4.71. The first-order valence-electron chi connectivity index (χ1n) is 10.3. The van der Waals surface area contributed by atoms with Gasteiger partial charge in [0.1, 0.15) is 11.6 Å². The van der Waals surface area contributed by atoms with Crippen LogP contribution >= 0.6 is 24.0 Å². The van der Waals surface area contributed by atoms with Crippen LogP contribution in [0.4, 0.5) is 0 Å². The molecule has 0 radical (unpaired) electrons. The largest absolute Gasteiger partial charge is 0.490 e. The number of aryl methyl sites for hydroxylation is 1. The number of hydrogen-bond donors (Lipinski definition) is 1. The van der Waals surface area contributed by atoms with E-state index in [1.165, 1.54) is 11.1 Å². The van der Waals surface area contributed by atoms with Crippen LogP contribution in [-0.2, 0) is 13.1 Å². The first-order valence-corrected chi connectivity index (χ1v) is 10.7. The van der Waals surface area contributed by atoms with Crippen molar-refractivity contribution in [2.75, 3.05) is 0 Å². The molecular weight excluding hydrogens is 419 g/mol. The van der Waals surface area contributed by atoms with Crippen LogP contribution in [0.3, 0.4) is 0 Å². The first kappa shape index (κ1) is 21.2. The number of fused-ring (bicyclic) bond motifs is 3. The molecule has 0 saturated heterocycles. The monoisotopic (exact) mass is 444 g/mol. The third kappa shape index (κ3) is 4.20. The van der Waals surface area contributed by atoms with Gasteiger partial charge in [0.15, 0.2) is 5.82 Å². The van der Waals surface area contributed by atoms with Crippen LogP contribution in [0.25, 0.3) is 5.69 Å². The molecule has 2 aliphatic rings. The van der Waals surface area contributed by atoms with Gasteiger partial charge in [-0.2, -0.15) is 0 Å². The van der Waals surface area contributed by atoms with Crippen molar-refractivity contribution in [3.05, 3.63) is 70.3 Å². The maximum Gasteiger partial charge on any atom is 0.151 e. The molecule has 0 spiro atoms. The fraction of sp³-hybridized carbons (Fsp3) is 0.391. The average Bonchev–Trinajstić information content (AvgIpc) is 3.04. The molecule has 1 aromatic heterocycles. The van der Waals surface area contributed by atoms with E-state index in [-0.39, 0.29) is 18.5 Å². The van der Waals surface area contributed by atoms with Gasteiger partial charge >= 0.3 is 0 Å². The fourth-order valence-electron chi connectivity index (χ4n) is 4.51. The maximum atomic E-state index is 6.24. The van der Waals surface area contributed by atoms with Crippen LogP contribution in [-0.4, -0.2) is 20.9 Å². The highest BCUT2D eigenvalue weighted by Gasteiger charge is 2.30. The van der Waals surface area contributed by atoms with E-state index in [1.807, 2.05) is 18.2 Å². The van der Waals surface area contributed by atoms with Gasteiger partial charge in [0.25, 0.3) is 0 Å². The van der Waals surface area contributed by atoms with E-state index >= 15 is 0 Å². The van der Waals surface area contributed by atoms with E-state index in [4.69, 9.17) is 16.3 Å². The Morgan fingerprint density at radius 1 is 1.03 bits per heavy atom. The number of halogens is 2. The topological polar surface area (TPSA) is 52.0 Å². The lowest BCUT2D eigenvalue weighted by atomic mass is 9.86. The van der Waals surface area contributed by atoms with Crippen LogP contribution in [0.1, 0.15) is 54.4 Å². The third-order valence-electron chi connectivity index (χ3n) is 5.97. The van der Waals surface area contributed by atoms with Gasteiger partial charge in [-0.15, -0.1) is 22.6 Å². The first-order chi connectivity index (χ1) is 14.2. The lowest BCUT2D eigenvalue weighted by molar-refractivity contribution is 0.144. The lowest BCUT2D eigenvalue weighted by Crippen LogP contribution is -2.25. The van der Waals surface area contributed by atoms with E-state index < -0.39 is 0 Å². The van der Waals surface area contributed by atoms with Crippen molar-refractivity contribution in [1.82, 2.24) is 20.1 Å². The highest BCUT2D eigenvalue weighted by molar-refractivity contribution is 6.30. The van der Waals surface area contributed by atoms with Crippen molar-refractivity contribution in [2.45, 2.75) is 57.7 Å². The zero-order chi connectivity index (χ0) is 19.8. The molecule has 158 valence electrons. The summed E-state index contributed by atoms with van der Waals surface area (Å²) in [7, 11) is 0. The van der Waals surface area contributed by atoms with Gasteiger partial charge in [-0.25, -0.2) is 0 Å². The number of nitrogens with one attached hydrogen (secondary N) is 1. The molecule has 2 aromatic carbocycles. The number of nitrogens with zero attached hydrogens (tertiary/aromatic N) is 3. The third-order valence-corrected chi connectivity index (χ3v) is 6.20. The molecular formula is C23H26Cl2N4O. The smallest absolute Gasteiger partial charge is 0.151 e. The van der Waals surface area contributed by atoms with Crippen LogP contribution in [0, 0.1) is 6.92 Å². The summed E-state index contributed by atoms with van der Waals surface area (Å²) in [6, 6.07) is 14.4. The van der Waals surface area contributed by atoms with Crippen molar-refractivity contribution in [1.29, 1.82) is 0 Å². The normalized spacial score (nSPS) is 20.5. The Labute approximate surface area is 188 Å². The number of rotatable bonds is 3. The van der Waals surface area contributed by atoms with Gasteiger partial charge in [-0.05, 0) is 74.1 Å². The van der Waals surface area contributed by atoms with Gasteiger partial charge in [-0.3, -0.25) is 4.57 Å². The Morgan fingerprint density at radius 2 is 1.87 bits per heavy atom. The molecule has 0 unspecified atom stereocenters. The van der Waals surface area contributed by atoms with Gasteiger partial charge in [-0.1, -0.05) is 23.7 Å². The summed E-state index contributed by atoms with van der Waals surface area (Å²) in [6.45, 7) is 3.60. The Hall–Kier alpha value is -2.08. The van der Waals surface area contributed by atoms with E-state index in [9.17, 15) is 0 Å². The molecule has 1 N–H and O–H groups in total. The van der Waals surface area contributed by atoms with Gasteiger partial charge in [0.05, 0.1) is 18.3 Å². The molecule has 0 amide bonds. The Balaban J connectivity index is 0.00000218. The lowest BCUT2D eigenvalue weighted by Gasteiger charge is -2.29. The molecule has 1 fully saturated rings. The van der Waals surface area contributed by atoms with Crippen LogP contribution in [0.15, 0.2) is 42.5 Å². The van der Waals surface area contributed by atoms with Crippen LogP contribution in [0.2, 0.25) is 5.02 Å². The minimum atomic E-state index is 0. The zero-order valence-electron chi connectivity index (χ0n) is 17.0. The Kier molecular flexibility index (Phi) is 6.32. The molecule has 1 saturated carbocycles. The van der Waals surface area contributed by atoms with Crippen molar-refractivity contribution in [3.8, 4) is 11.4 Å². The molecule has 2 heterocycles. The molecule has 7 heteroatoms. The Bertz CT molecular complexity index is 1030. The average molecular weight is 445 g/mol. The van der Waals surface area contributed by atoms with Crippen molar-refractivity contribution in [3.63, 3.8) is 0 Å². The number of ether oxygens (including phenoxy) is 1. The van der Waals surface area contributed by atoms with Gasteiger partial charge in [0, 0.05) is 17.5 Å². The van der Waals surface area contributed by atoms with Gasteiger partial charge in [0.2, 0.25) is 0 Å². The molecule has 0 atom stereocenters. The molecule has 1 aliphatic heterocycles. The van der Waals surface area contributed by atoms with E-state index in [0.29, 0.717) is 12.5 Å². The summed E-state index contributed by atoms with van der Waals surface area (Å²) in [5, 5.41) is 13.3. The quantitative estimate of drug-likeness (QED) is 0.590. The summed E-state index contributed by atoms with van der Waals surface area (Å²) >= 11 is 6.23. The summed E-state index contributed by atoms with van der Waals surface area (Å²) < 4.78 is 8.48. The van der Waals surface area contributed by atoms with E-state index in [2.05, 4.69) is 51.3 Å². The molecule has 0 bridgehead atoms. The molecule has 5 rings (SSSR count). The maximum absolute atomic E-state index is 6.24. The highest BCUT2D eigenvalue weighted by Crippen LogP contribution is 2.36. The number of hydrogen-bond acceptors (Lipinski definition) is 4. The molecule has 1 aliphatic carbocycles. The second-order valence-electron chi connectivity index (χ2n) is 8.09. The number of aromatic nitrogens is 3. The summed E-state index contributed by atoms with van der Waals surface area (Å²) in [6.07, 6.45) is 4.46. The second kappa shape index (κ2) is 8.96. The van der Waals surface area contributed by atoms with E-state index in [0.717, 1.165) is 60.3 Å². The van der Waals surface area contributed by atoms with Crippen LogP contribution < -0.4 is 10.1 Å². The van der Waals surface area contributed by atoms with Crippen molar-refractivity contribution >= 4 is 24.0 Å². The highest BCUT2D eigenvalue weighted by atomic mass is 35.5. The predicted molar refractivity (Wildman–Crippen MR) is 121 cm³/mol. The minimum Gasteiger partial charge on any atom is -0.490 e. The van der Waals surface area contributed by atoms with Crippen molar-refractivity contribution < 1.29 is 4.74 Å². The second-order valence-corrected chi connectivity index (χ2v) is 8.53. The summed E-state index contributed by atoms with van der Waals surface area (Å²) in [5.74, 6) is 3.41. The molecule has 30 heavy (non-hydrogen) atoms. The number of benzene rings is 2. The van der Waals surface area contributed by atoms with Crippen LogP contribution in [0.5, 0.6) is 5.75 Å². The predicted octanol–water partition coefficient (Wildman–Crippen LogP) is 5.36. The minimum absolute atomic E-state index is 0. The molecule has 5 nitrogen and oxygen atoms in total. The zero-order valence-corrected chi connectivity index (χ0v) is 18.5. The SMILES string of the molecule is Cc1cccc(O[C@H]2CC[C@H](c3nnc4n3-c3ccc(Cl)cc3CNC4)CC2)c1.Cl. The summed E-state index contributed by atoms with van der Waals surface area (Å²) in [5.41, 5.74) is 3.57. The van der Waals surface area contributed by atoms with Crippen molar-refractivity contribution in [2.24, 2.45) is 0 Å².